The highest BCUT2D eigenvalue weighted by Crippen LogP contribution is 2.02. The molecule has 0 spiro atoms. The first-order valence-corrected chi connectivity index (χ1v) is 6.41. The highest BCUT2D eigenvalue weighted by molar-refractivity contribution is 6.18. The van der Waals surface area contributed by atoms with Crippen LogP contribution in [-0.2, 0) is 0 Å². The van der Waals surface area contributed by atoms with Crippen LogP contribution in [0.5, 0.6) is 0 Å². The second-order valence-electron chi connectivity index (χ2n) is 4.53. The summed E-state index contributed by atoms with van der Waals surface area (Å²) < 4.78 is 0. The molecule has 3 nitrogen and oxygen atoms in total. The zero-order valence-corrected chi connectivity index (χ0v) is 10.8. The summed E-state index contributed by atoms with van der Waals surface area (Å²) in [5.74, 6) is 0.762. The summed E-state index contributed by atoms with van der Waals surface area (Å²) >= 11 is 5.77. The number of halogens is 1. The first-order chi connectivity index (χ1) is 7.22. The van der Waals surface area contributed by atoms with Gasteiger partial charge in [-0.15, -0.1) is 11.6 Å². The van der Waals surface area contributed by atoms with Gasteiger partial charge in [0.1, 0.15) is 0 Å². The highest BCUT2D eigenvalue weighted by Gasteiger charge is 2.13. The maximum Gasteiger partial charge on any atom is 0.0351 e. The van der Waals surface area contributed by atoms with E-state index in [0.717, 1.165) is 19.0 Å². The lowest BCUT2D eigenvalue weighted by Crippen LogP contribution is -2.35. The van der Waals surface area contributed by atoms with Gasteiger partial charge in [-0.1, -0.05) is 0 Å². The van der Waals surface area contributed by atoms with Crippen LogP contribution >= 0.6 is 11.6 Å². The first kappa shape index (κ1) is 13.2. The van der Waals surface area contributed by atoms with E-state index in [-0.39, 0.29) is 0 Å². The van der Waals surface area contributed by atoms with E-state index in [1.807, 2.05) is 0 Å². The SMILES string of the molecule is CN(C)CCN1CCCN(CCCl)CC1. The lowest BCUT2D eigenvalue weighted by molar-refractivity contribution is 0.239. The summed E-state index contributed by atoms with van der Waals surface area (Å²) in [6.07, 6.45) is 1.28. The fourth-order valence-corrected chi connectivity index (χ4v) is 2.17. The number of likely N-dealkylation sites (N-methyl/N-ethyl adjacent to an activating group) is 1. The maximum absolute atomic E-state index is 5.77. The number of alkyl halides is 1. The quantitative estimate of drug-likeness (QED) is 0.651. The van der Waals surface area contributed by atoms with Gasteiger partial charge in [-0.2, -0.15) is 0 Å². The average Bonchev–Trinajstić information content (AvgIpc) is 2.41. The Bertz CT molecular complexity index is 164. The molecule has 15 heavy (non-hydrogen) atoms. The van der Waals surface area contributed by atoms with Crippen LogP contribution in [-0.4, -0.2) is 80.5 Å². The summed E-state index contributed by atoms with van der Waals surface area (Å²) in [6.45, 7) is 8.24. The van der Waals surface area contributed by atoms with Crippen molar-refractivity contribution in [3.8, 4) is 0 Å². The van der Waals surface area contributed by atoms with Crippen LogP contribution in [0.2, 0.25) is 0 Å². The summed E-state index contributed by atoms with van der Waals surface area (Å²) in [5.41, 5.74) is 0. The van der Waals surface area contributed by atoms with E-state index < -0.39 is 0 Å². The van der Waals surface area contributed by atoms with Crippen molar-refractivity contribution in [2.75, 3.05) is 65.8 Å². The summed E-state index contributed by atoms with van der Waals surface area (Å²) in [4.78, 5) is 7.29. The first-order valence-electron chi connectivity index (χ1n) is 5.88. The Balaban J connectivity index is 2.20. The fourth-order valence-electron chi connectivity index (χ4n) is 1.93. The molecule has 90 valence electrons. The Morgan fingerprint density at radius 1 is 1.00 bits per heavy atom. The molecule has 0 atom stereocenters. The van der Waals surface area contributed by atoms with Crippen molar-refractivity contribution in [2.24, 2.45) is 0 Å². The predicted molar refractivity (Wildman–Crippen MR) is 66.8 cm³/mol. The van der Waals surface area contributed by atoms with Crippen molar-refractivity contribution >= 4 is 11.6 Å². The number of hydrogen-bond donors (Lipinski definition) is 0. The van der Waals surface area contributed by atoms with Gasteiger partial charge >= 0.3 is 0 Å². The Labute approximate surface area is 99.0 Å². The smallest absolute Gasteiger partial charge is 0.0351 e. The Morgan fingerprint density at radius 2 is 1.60 bits per heavy atom. The number of hydrogen-bond acceptors (Lipinski definition) is 3. The molecule has 0 N–H and O–H groups in total. The number of nitrogens with zero attached hydrogens (tertiary/aromatic N) is 3. The zero-order valence-electron chi connectivity index (χ0n) is 10.1. The van der Waals surface area contributed by atoms with Gasteiger partial charge in [0.15, 0.2) is 0 Å². The van der Waals surface area contributed by atoms with Crippen molar-refractivity contribution < 1.29 is 0 Å². The van der Waals surface area contributed by atoms with E-state index in [0.29, 0.717) is 0 Å². The fraction of sp³-hybridized carbons (Fsp3) is 1.00. The van der Waals surface area contributed by atoms with Crippen LogP contribution < -0.4 is 0 Å². The molecule has 1 aliphatic heterocycles. The topological polar surface area (TPSA) is 9.72 Å². The zero-order chi connectivity index (χ0) is 11.1. The standard InChI is InChI=1S/C11H24ClN3/c1-13(2)8-9-15-6-3-5-14(7-4-12)10-11-15/h3-11H2,1-2H3. The van der Waals surface area contributed by atoms with Gasteiger partial charge in [-0.25, -0.2) is 0 Å². The molecule has 0 aromatic rings. The summed E-state index contributed by atoms with van der Waals surface area (Å²) in [5, 5.41) is 0. The predicted octanol–water partition coefficient (Wildman–Crippen LogP) is 0.794. The minimum absolute atomic E-state index is 0.762. The molecule has 1 saturated heterocycles. The molecule has 0 aromatic carbocycles. The van der Waals surface area contributed by atoms with Gasteiger partial charge in [-0.3, -0.25) is 0 Å². The molecule has 0 unspecified atom stereocenters. The monoisotopic (exact) mass is 233 g/mol. The molecule has 1 fully saturated rings. The van der Waals surface area contributed by atoms with Crippen molar-refractivity contribution in [2.45, 2.75) is 6.42 Å². The van der Waals surface area contributed by atoms with Crippen molar-refractivity contribution in [1.82, 2.24) is 14.7 Å². The molecule has 1 rings (SSSR count). The van der Waals surface area contributed by atoms with Gasteiger partial charge in [0, 0.05) is 38.6 Å². The third-order valence-corrected chi connectivity index (χ3v) is 3.11. The Kier molecular flexibility index (Phi) is 6.57. The minimum Gasteiger partial charge on any atom is -0.308 e. The maximum atomic E-state index is 5.77. The van der Waals surface area contributed by atoms with E-state index >= 15 is 0 Å². The van der Waals surface area contributed by atoms with E-state index in [9.17, 15) is 0 Å². The van der Waals surface area contributed by atoms with E-state index in [1.54, 1.807) is 0 Å². The molecular weight excluding hydrogens is 210 g/mol. The largest absolute Gasteiger partial charge is 0.308 e. The molecule has 0 aliphatic carbocycles. The second-order valence-corrected chi connectivity index (χ2v) is 4.91. The molecular formula is C11H24ClN3. The lowest BCUT2D eigenvalue weighted by Gasteiger charge is -2.22. The molecule has 0 bridgehead atoms. The molecule has 0 saturated carbocycles. The van der Waals surface area contributed by atoms with Gasteiger partial charge in [0.25, 0.3) is 0 Å². The van der Waals surface area contributed by atoms with E-state index in [2.05, 4.69) is 28.8 Å². The highest BCUT2D eigenvalue weighted by atomic mass is 35.5. The van der Waals surface area contributed by atoms with Crippen LogP contribution in [0.25, 0.3) is 0 Å². The van der Waals surface area contributed by atoms with E-state index in [4.69, 9.17) is 11.6 Å². The third-order valence-electron chi connectivity index (χ3n) is 2.95. The van der Waals surface area contributed by atoms with Crippen LogP contribution in [0.1, 0.15) is 6.42 Å². The van der Waals surface area contributed by atoms with Gasteiger partial charge in [0.05, 0.1) is 0 Å². The molecule has 1 heterocycles. The van der Waals surface area contributed by atoms with Crippen LogP contribution in [0.15, 0.2) is 0 Å². The van der Waals surface area contributed by atoms with Gasteiger partial charge in [0.2, 0.25) is 0 Å². The van der Waals surface area contributed by atoms with Crippen LogP contribution in [0, 0.1) is 0 Å². The van der Waals surface area contributed by atoms with Crippen molar-refractivity contribution in [3.05, 3.63) is 0 Å². The minimum atomic E-state index is 0.762. The van der Waals surface area contributed by atoms with Crippen molar-refractivity contribution in [1.29, 1.82) is 0 Å². The normalized spacial score (nSPS) is 20.8. The van der Waals surface area contributed by atoms with Crippen LogP contribution in [0.4, 0.5) is 0 Å². The molecule has 0 amide bonds. The third kappa shape index (κ3) is 5.71. The molecule has 4 heteroatoms. The summed E-state index contributed by atoms with van der Waals surface area (Å²) in [7, 11) is 4.27. The second kappa shape index (κ2) is 7.44. The molecule has 1 aliphatic rings. The molecule has 0 radical (unpaired) electrons. The molecule has 0 aromatic heterocycles. The lowest BCUT2D eigenvalue weighted by atomic mass is 10.4. The van der Waals surface area contributed by atoms with Gasteiger partial charge < -0.3 is 14.7 Å². The Hall–Kier alpha value is 0.170. The average molecular weight is 234 g/mol. The van der Waals surface area contributed by atoms with Gasteiger partial charge in [-0.05, 0) is 33.6 Å². The Morgan fingerprint density at radius 3 is 2.13 bits per heavy atom. The van der Waals surface area contributed by atoms with Crippen LogP contribution in [0.3, 0.4) is 0 Å². The number of rotatable bonds is 5. The summed E-state index contributed by atoms with van der Waals surface area (Å²) in [6, 6.07) is 0. The van der Waals surface area contributed by atoms with E-state index in [1.165, 1.54) is 39.1 Å². The van der Waals surface area contributed by atoms with Crippen molar-refractivity contribution in [3.63, 3.8) is 0 Å².